The number of aromatic nitrogens is 2. The Morgan fingerprint density at radius 3 is 2.67 bits per heavy atom. The van der Waals surface area contributed by atoms with Gasteiger partial charge < -0.3 is 15.0 Å². The van der Waals surface area contributed by atoms with Gasteiger partial charge in [0.1, 0.15) is 11.6 Å². The lowest BCUT2D eigenvalue weighted by Crippen LogP contribution is -2.45. The number of nitrogens with zero attached hydrogens (tertiary/aromatic N) is 3. The van der Waals surface area contributed by atoms with Crippen LogP contribution in [0.15, 0.2) is 54.6 Å². The lowest BCUT2D eigenvalue weighted by atomic mass is 10.1. The van der Waals surface area contributed by atoms with Gasteiger partial charge in [-0.05, 0) is 44.2 Å². The van der Waals surface area contributed by atoms with Gasteiger partial charge in [-0.1, -0.05) is 18.2 Å². The van der Waals surface area contributed by atoms with Crippen LogP contribution >= 0.6 is 0 Å². The van der Waals surface area contributed by atoms with Gasteiger partial charge in [0, 0.05) is 19.0 Å². The molecule has 2 amide bonds. The number of para-hydroxylation sites is 2. The lowest BCUT2D eigenvalue weighted by Gasteiger charge is -2.32. The van der Waals surface area contributed by atoms with Crippen LogP contribution in [0.25, 0.3) is 5.69 Å². The van der Waals surface area contributed by atoms with E-state index in [1.807, 2.05) is 0 Å². The van der Waals surface area contributed by atoms with Crippen molar-refractivity contribution < 1.29 is 27.5 Å². The number of carbonyl (C=O) groups excluding carboxylic acids is 2. The largest absolute Gasteiger partial charge is 0.479 e. The maximum atomic E-state index is 13.1. The zero-order chi connectivity index (χ0) is 23.8. The number of hydrogen-bond acceptors (Lipinski definition) is 4. The Kier molecular flexibility index (Phi) is 5.84. The molecule has 4 rings (SSSR count). The van der Waals surface area contributed by atoms with Gasteiger partial charge in [-0.3, -0.25) is 9.59 Å². The quantitative estimate of drug-likeness (QED) is 0.617. The number of halogens is 3. The molecule has 2 heterocycles. The summed E-state index contributed by atoms with van der Waals surface area (Å²) in [7, 11) is 0. The highest BCUT2D eigenvalue weighted by Gasteiger charge is 2.32. The van der Waals surface area contributed by atoms with Crippen molar-refractivity contribution in [2.45, 2.75) is 32.5 Å². The van der Waals surface area contributed by atoms with Gasteiger partial charge in [-0.2, -0.15) is 18.3 Å². The standard InChI is InChI=1S/C23H21F3N4O3/c1-14-12-20(30(28-14)17-7-5-6-16(13-17)23(24,25)26)27-21(31)10-11-29-18-8-3-4-9-19(18)33-15(2)22(29)32/h3-9,12-13,15H,10-11H2,1-2H3,(H,27,31). The Morgan fingerprint density at radius 1 is 1.15 bits per heavy atom. The van der Waals surface area contributed by atoms with E-state index in [1.54, 1.807) is 44.2 Å². The molecule has 0 saturated carbocycles. The van der Waals surface area contributed by atoms with Crippen molar-refractivity contribution in [3.63, 3.8) is 0 Å². The van der Waals surface area contributed by atoms with E-state index in [0.29, 0.717) is 17.1 Å². The zero-order valence-electron chi connectivity index (χ0n) is 17.9. The lowest BCUT2D eigenvalue weighted by molar-refractivity contribution is -0.137. The van der Waals surface area contributed by atoms with Crippen LogP contribution in [0.2, 0.25) is 0 Å². The average molecular weight is 458 g/mol. The first-order valence-corrected chi connectivity index (χ1v) is 10.2. The molecule has 0 fully saturated rings. The molecule has 33 heavy (non-hydrogen) atoms. The van der Waals surface area contributed by atoms with E-state index in [1.165, 1.54) is 21.7 Å². The molecule has 0 saturated heterocycles. The van der Waals surface area contributed by atoms with Gasteiger partial charge in [0.15, 0.2) is 6.10 Å². The third-order valence-electron chi connectivity index (χ3n) is 5.15. The van der Waals surface area contributed by atoms with Crippen LogP contribution in [-0.4, -0.2) is 34.2 Å². The second-order valence-electron chi connectivity index (χ2n) is 7.65. The zero-order valence-corrected chi connectivity index (χ0v) is 17.9. The van der Waals surface area contributed by atoms with E-state index in [2.05, 4.69) is 10.4 Å². The number of ether oxygens (including phenoxy) is 1. The van der Waals surface area contributed by atoms with Crippen molar-refractivity contribution in [2.75, 3.05) is 16.8 Å². The minimum Gasteiger partial charge on any atom is -0.479 e. The number of alkyl halides is 3. The normalized spacial score (nSPS) is 15.7. The van der Waals surface area contributed by atoms with Gasteiger partial charge in [0.05, 0.1) is 22.6 Å². The number of nitrogens with one attached hydrogen (secondary N) is 1. The molecule has 3 aromatic rings. The van der Waals surface area contributed by atoms with E-state index in [0.717, 1.165) is 12.1 Å². The number of benzene rings is 2. The van der Waals surface area contributed by atoms with E-state index in [-0.39, 0.29) is 30.4 Å². The molecule has 172 valence electrons. The topological polar surface area (TPSA) is 76.5 Å². The fourth-order valence-electron chi connectivity index (χ4n) is 3.61. The number of fused-ring (bicyclic) bond motifs is 1. The molecule has 0 aliphatic carbocycles. The Hall–Kier alpha value is -3.82. The third-order valence-corrected chi connectivity index (χ3v) is 5.15. The Bertz CT molecular complexity index is 1210. The van der Waals surface area contributed by atoms with Crippen molar-refractivity contribution in [1.29, 1.82) is 0 Å². The van der Waals surface area contributed by atoms with Crippen molar-refractivity contribution >= 4 is 23.3 Å². The predicted octanol–water partition coefficient (Wildman–Crippen LogP) is 4.34. The molecule has 0 spiro atoms. The van der Waals surface area contributed by atoms with Crippen LogP contribution in [0.3, 0.4) is 0 Å². The fraction of sp³-hybridized carbons (Fsp3) is 0.261. The van der Waals surface area contributed by atoms with Crippen molar-refractivity contribution in [3.05, 3.63) is 65.9 Å². The minimum absolute atomic E-state index is 0.0282. The molecule has 0 radical (unpaired) electrons. The summed E-state index contributed by atoms with van der Waals surface area (Å²) in [4.78, 5) is 26.7. The molecule has 1 N–H and O–H groups in total. The molecule has 1 aliphatic heterocycles. The maximum Gasteiger partial charge on any atom is 0.416 e. The van der Waals surface area contributed by atoms with Crippen LogP contribution in [0.1, 0.15) is 24.6 Å². The third kappa shape index (κ3) is 4.69. The SMILES string of the molecule is Cc1cc(NC(=O)CCN2C(=O)C(C)Oc3ccccc32)n(-c2cccc(C(F)(F)F)c2)n1. The summed E-state index contributed by atoms with van der Waals surface area (Å²) in [5.41, 5.74) is 0.454. The average Bonchev–Trinajstić information content (AvgIpc) is 3.13. The van der Waals surface area contributed by atoms with Crippen LogP contribution in [0.4, 0.5) is 24.7 Å². The van der Waals surface area contributed by atoms with Crippen LogP contribution in [0, 0.1) is 6.92 Å². The summed E-state index contributed by atoms with van der Waals surface area (Å²) in [6.07, 6.45) is -5.20. The van der Waals surface area contributed by atoms with Crippen molar-refractivity contribution in [2.24, 2.45) is 0 Å². The van der Waals surface area contributed by atoms with Crippen molar-refractivity contribution in [1.82, 2.24) is 9.78 Å². The van der Waals surface area contributed by atoms with E-state index in [4.69, 9.17) is 4.74 Å². The van der Waals surface area contributed by atoms with Crippen LogP contribution < -0.4 is 15.0 Å². The van der Waals surface area contributed by atoms with Gasteiger partial charge in [-0.15, -0.1) is 0 Å². The highest BCUT2D eigenvalue weighted by molar-refractivity contribution is 6.00. The molecule has 1 unspecified atom stereocenters. The van der Waals surface area contributed by atoms with Gasteiger partial charge in [-0.25, -0.2) is 4.68 Å². The summed E-state index contributed by atoms with van der Waals surface area (Å²) < 4.78 is 46.1. The summed E-state index contributed by atoms with van der Waals surface area (Å²) in [5, 5.41) is 6.90. The predicted molar refractivity (Wildman–Crippen MR) is 115 cm³/mol. The molecule has 1 aliphatic rings. The van der Waals surface area contributed by atoms with Crippen molar-refractivity contribution in [3.8, 4) is 11.4 Å². The number of hydrogen-bond donors (Lipinski definition) is 1. The molecule has 1 aromatic heterocycles. The van der Waals surface area contributed by atoms with Crippen LogP contribution in [-0.2, 0) is 15.8 Å². The maximum absolute atomic E-state index is 13.1. The van der Waals surface area contributed by atoms with Gasteiger partial charge >= 0.3 is 6.18 Å². The number of aryl methyl sites for hydroxylation is 1. The van der Waals surface area contributed by atoms with E-state index >= 15 is 0 Å². The van der Waals surface area contributed by atoms with Gasteiger partial charge in [0.2, 0.25) is 5.91 Å². The Balaban J connectivity index is 1.50. The molecule has 7 nitrogen and oxygen atoms in total. The Labute approximate surface area is 187 Å². The van der Waals surface area contributed by atoms with E-state index in [9.17, 15) is 22.8 Å². The number of rotatable bonds is 5. The first-order chi connectivity index (χ1) is 15.6. The van der Waals surface area contributed by atoms with Gasteiger partial charge in [0.25, 0.3) is 5.91 Å². The second kappa shape index (κ2) is 8.61. The number of amides is 2. The van der Waals surface area contributed by atoms with E-state index < -0.39 is 23.8 Å². The summed E-state index contributed by atoms with van der Waals surface area (Å²) in [5.74, 6) is 0.126. The first kappa shape index (κ1) is 22.4. The molecule has 0 bridgehead atoms. The fourth-order valence-corrected chi connectivity index (χ4v) is 3.61. The number of carbonyl (C=O) groups is 2. The monoisotopic (exact) mass is 458 g/mol. The summed E-state index contributed by atoms with van der Waals surface area (Å²) in [6, 6.07) is 13.3. The Morgan fingerprint density at radius 2 is 1.91 bits per heavy atom. The highest BCUT2D eigenvalue weighted by Crippen LogP contribution is 2.34. The number of anilines is 2. The molecule has 1 atom stereocenters. The highest BCUT2D eigenvalue weighted by atomic mass is 19.4. The summed E-state index contributed by atoms with van der Waals surface area (Å²) in [6.45, 7) is 3.43. The molecular weight excluding hydrogens is 437 g/mol. The summed E-state index contributed by atoms with van der Waals surface area (Å²) >= 11 is 0. The molecular formula is C23H21F3N4O3. The first-order valence-electron chi connectivity index (χ1n) is 10.2. The molecule has 2 aromatic carbocycles. The second-order valence-corrected chi connectivity index (χ2v) is 7.65. The van der Waals surface area contributed by atoms with Crippen LogP contribution in [0.5, 0.6) is 5.75 Å². The minimum atomic E-state index is -4.50. The smallest absolute Gasteiger partial charge is 0.416 e. The molecule has 10 heteroatoms.